The van der Waals surface area contributed by atoms with Gasteiger partial charge in [-0.25, -0.2) is 0 Å². The fourth-order valence-electron chi connectivity index (χ4n) is 2.68. The number of phenols is 1. The average molecular weight is 292 g/mol. The molecule has 1 fully saturated rings. The van der Waals surface area contributed by atoms with E-state index in [1.807, 2.05) is 13.1 Å². The van der Waals surface area contributed by atoms with E-state index >= 15 is 0 Å². The Morgan fingerprint density at radius 3 is 3.00 bits per heavy atom. The zero-order valence-corrected chi connectivity index (χ0v) is 12.8. The van der Waals surface area contributed by atoms with Gasteiger partial charge in [-0.3, -0.25) is 4.79 Å². The van der Waals surface area contributed by atoms with Crippen LogP contribution in [0, 0.1) is 0 Å². The van der Waals surface area contributed by atoms with Crippen molar-refractivity contribution in [3.8, 4) is 11.5 Å². The van der Waals surface area contributed by atoms with Crippen LogP contribution in [0.25, 0.3) is 0 Å². The summed E-state index contributed by atoms with van der Waals surface area (Å²) < 4.78 is 5.09. The first-order valence-corrected chi connectivity index (χ1v) is 7.46. The Morgan fingerprint density at radius 1 is 1.43 bits per heavy atom. The van der Waals surface area contributed by atoms with Gasteiger partial charge < -0.3 is 20.1 Å². The molecule has 1 heterocycles. The first kappa shape index (κ1) is 15.6. The number of rotatable bonds is 4. The first-order valence-electron chi connectivity index (χ1n) is 7.46. The fraction of sp³-hybridized carbons (Fsp3) is 0.562. The number of methoxy groups -OCH3 is 1. The number of likely N-dealkylation sites (N-methyl/N-ethyl adjacent to an activating group) is 1. The molecule has 2 N–H and O–H groups in total. The molecule has 1 amide bonds. The highest BCUT2D eigenvalue weighted by Crippen LogP contribution is 2.26. The van der Waals surface area contributed by atoms with Crippen molar-refractivity contribution in [2.24, 2.45) is 0 Å². The Labute approximate surface area is 125 Å². The Hall–Kier alpha value is -1.75. The lowest BCUT2D eigenvalue weighted by Crippen LogP contribution is -2.44. The van der Waals surface area contributed by atoms with Crippen molar-refractivity contribution in [3.63, 3.8) is 0 Å². The third-order valence-electron chi connectivity index (χ3n) is 3.90. The van der Waals surface area contributed by atoms with Crippen molar-refractivity contribution in [1.82, 2.24) is 10.2 Å². The molecule has 1 aromatic rings. The standard InChI is InChI=1S/C16H24N2O3/c1-18(16(20)13-6-4-3-5-9-17-13)11-12-7-8-14(19)15(10-12)21-2/h7-8,10,13,17,19H,3-6,9,11H2,1-2H3. The van der Waals surface area contributed by atoms with E-state index in [4.69, 9.17) is 4.74 Å². The number of benzene rings is 1. The van der Waals surface area contributed by atoms with Crippen LogP contribution in [0.3, 0.4) is 0 Å². The molecule has 1 aliphatic rings. The van der Waals surface area contributed by atoms with Gasteiger partial charge in [-0.05, 0) is 37.1 Å². The van der Waals surface area contributed by atoms with Crippen LogP contribution in [0.2, 0.25) is 0 Å². The van der Waals surface area contributed by atoms with Gasteiger partial charge in [0.15, 0.2) is 11.5 Å². The lowest BCUT2D eigenvalue weighted by atomic mass is 10.1. The molecule has 0 saturated carbocycles. The third kappa shape index (κ3) is 4.11. The highest BCUT2D eigenvalue weighted by Gasteiger charge is 2.22. The molecule has 1 saturated heterocycles. The van der Waals surface area contributed by atoms with E-state index in [9.17, 15) is 9.90 Å². The molecule has 5 nitrogen and oxygen atoms in total. The number of nitrogens with one attached hydrogen (secondary N) is 1. The normalized spacial score (nSPS) is 18.9. The van der Waals surface area contributed by atoms with Crippen molar-refractivity contribution in [1.29, 1.82) is 0 Å². The number of phenolic OH excluding ortho intramolecular Hbond substituents is 1. The molecule has 1 unspecified atom stereocenters. The van der Waals surface area contributed by atoms with E-state index in [-0.39, 0.29) is 17.7 Å². The summed E-state index contributed by atoms with van der Waals surface area (Å²) in [6.07, 6.45) is 4.34. The van der Waals surface area contributed by atoms with E-state index in [0.29, 0.717) is 12.3 Å². The van der Waals surface area contributed by atoms with Gasteiger partial charge in [0, 0.05) is 13.6 Å². The average Bonchev–Trinajstić information content (AvgIpc) is 2.77. The molecular formula is C16H24N2O3. The summed E-state index contributed by atoms with van der Waals surface area (Å²) in [6.45, 7) is 1.42. The summed E-state index contributed by atoms with van der Waals surface area (Å²) in [6, 6.07) is 5.09. The summed E-state index contributed by atoms with van der Waals surface area (Å²) in [5, 5.41) is 12.9. The van der Waals surface area contributed by atoms with Gasteiger partial charge >= 0.3 is 0 Å². The molecule has 0 aromatic heterocycles. The van der Waals surface area contributed by atoms with Gasteiger partial charge in [-0.15, -0.1) is 0 Å². The summed E-state index contributed by atoms with van der Waals surface area (Å²) in [4.78, 5) is 14.2. The van der Waals surface area contributed by atoms with Crippen LogP contribution in [0.4, 0.5) is 0 Å². The van der Waals surface area contributed by atoms with Gasteiger partial charge in [0.2, 0.25) is 5.91 Å². The quantitative estimate of drug-likeness (QED) is 0.889. The molecule has 0 bridgehead atoms. The van der Waals surface area contributed by atoms with Gasteiger partial charge in [-0.1, -0.05) is 18.9 Å². The van der Waals surface area contributed by atoms with Gasteiger partial charge in [-0.2, -0.15) is 0 Å². The maximum absolute atomic E-state index is 12.5. The lowest BCUT2D eigenvalue weighted by molar-refractivity contribution is -0.132. The Morgan fingerprint density at radius 2 is 2.24 bits per heavy atom. The summed E-state index contributed by atoms with van der Waals surface area (Å²) in [7, 11) is 3.33. The maximum Gasteiger partial charge on any atom is 0.239 e. The number of ether oxygens (including phenoxy) is 1. The minimum absolute atomic E-state index is 0.0727. The number of carbonyl (C=O) groups is 1. The van der Waals surface area contributed by atoms with Gasteiger partial charge in [0.05, 0.1) is 13.2 Å². The zero-order valence-electron chi connectivity index (χ0n) is 12.8. The molecule has 21 heavy (non-hydrogen) atoms. The molecular weight excluding hydrogens is 268 g/mol. The molecule has 0 aliphatic carbocycles. The lowest BCUT2D eigenvalue weighted by Gasteiger charge is -2.23. The highest BCUT2D eigenvalue weighted by molar-refractivity contribution is 5.81. The predicted octanol–water partition coefficient (Wildman–Crippen LogP) is 1.89. The largest absolute Gasteiger partial charge is 0.504 e. The molecule has 1 atom stereocenters. The second kappa shape index (κ2) is 7.31. The number of aromatic hydroxyl groups is 1. The second-order valence-corrected chi connectivity index (χ2v) is 5.56. The monoisotopic (exact) mass is 292 g/mol. The first-order chi connectivity index (χ1) is 10.1. The third-order valence-corrected chi connectivity index (χ3v) is 3.90. The predicted molar refractivity (Wildman–Crippen MR) is 81.4 cm³/mol. The number of hydrogen-bond acceptors (Lipinski definition) is 4. The Balaban J connectivity index is 1.99. The topological polar surface area (TPSA) is 61.8 Å². The van der Waals surface area contributed by atoms with Crippen LogP contribution in [-0.4, -0.2) is 42.7 Å². The van der Waals surface area contributed by atoms with E-state index in [2.05, 4.69) is 5.32 Å². The van der Waals surface area contributed by atoms with E-state index in [1.165, 1.54) is 13.5 Å². The van der Waals surface area contributed by atoms with Crippen LogP contribution in [0.15, 0.2) is 18.2 Å². The highest BCUT2D eigenvalue weighted by atomic mass is 16.5. The number of hydrogen-bond donors (Lipinski definition) is 2. The van der Waals surface area contributed by atoms with Crippen LogP contribution in [0.1, 0.15) is 31.2 Å². The van der Waals surface area contributed by atoms with E-state index in [0.717, 1.165) is 31.4 Å². The number of nitrogens with zero attached hydrogens (tertiary/aromatic N) is 1. The summed E-state index contributed by atoms with van der Waals surface area (Å²) >= 11 is 0. The van der Waals surface area contributed by atoms with Crippen molar-refractivity contribution in [2.75, 3.05) is 20.7 Å². The van der Waals surface area contributed by atoms with Crippen LogP contribution in [0.5, 0.6) is 11.5 Å². The van der Waals surface area contributed by atoms with Crippen LogP contribution in [-0.2, 0) is 11.3 Å². The van der Waals surface area contributed by atoms with E-state index < -0.39 is 0 Å². The SMILES string of the molecule is COc1cc(CN(C)C(=O)C2CCCCCN2)ccc1O. The van der Waals surface area contributed by atoms with Crippen molar-refractivity contribution in [2.45, 2.75) is 38.3 Å². The molecule has 1 aliphatic heterocycles. The smallest absolute Gasteiger partial charge is 0.239 e. The van der Waals surface area contributed by atoms with Gasteiger partial charge in [0.1, 0.15) is 0 Å². The number of carbonyl (C=O) groups excluding carboxylic acids is 1. The van der Waals surface area contributed by atoms with Crippen LogP contribution >= 0.6 is 0 Å². The molecule has 0 radical (unpaired) electrons. The van der Waals surface area contributed by atoms with Crippen molar-refractivity contribution >= 4 is 5.91 Å². The molecule has 0 spiro atoms. The van der Waals surface area contributed by atoms with Crippen LogP contribution < -0.4 is 10.1 Å². The van der Waals surface area contributed by atoms with Gasteiger partial charge in [0.25, 0.3) is 0 Å². The Bertz CT molecular complexity index is 482. The minimum Gasteiger partial charge on any atom is -0.504 e. The molecule has 116 valence electrons. The van der Waals surface area contributed by atoms with E-state index in [1.54, 1.807) is 17.0 Å². The van der Waals surface area contributed by atoms with Crippen molar-refractivity contribution in [3.05, 3.63) is 23.8 Å². The molecule has 1 aromatic carbocycles. The minimum atomic E-state index is -0.0727. The zero-order chi connectivity index (χ0) is 15.2. The second-order valence-electron chi connectivity index (χ2n) is 5.56. The van der Waals surface area contributed by atoms with Crippen molar-refractivity contribution < 1.29 is 14.6 Å². The molecule has 5 heteroatoms. The summed E-state index contributed by atoms with van der Waals surface area (Å²) in [5.74, 6) is 0.672. The summed E-state index contributed by atoms with van der Waals surface area (Å²) in [5.41, 5.74) is 0.939. The Kier molecular flexibility index (Phi) is 5.44. The number of amides is 1. The fourth-order valence-corrected chi connectivity index (χ4v) is 2.68. The molecule has 2 rings (SSSR count). The maximum atomic E-state index is 12.5.